The predicted octanol–water partition coefficient (Wildman–Crippen LogP) is 3.28. The molecule has 0 N–H and O–H groups in total. The van der Waals surface area contributed by atoms with Gasteiger partial charge in [-0.3, -0.25) is 4.79 Å². The van der Waals surface area contributed by atoms with Crippen molar-refractivity contribution in [2.24, 2.45) is 0 Å². The molecule has 0 amide bonds. The molecule has 1 heterocycles. The van der Waals surface area contributed by atoms with Crippen molar-refractivity contribution < 1.29 is 4.79 Å². The number of allylic oxidation sites excluding steroid dienone is 1. The number of hydrogen-bond donors (Lipinski definition) is 0. The smallest absolute Gasteiger partial charge is 0.152 e. The molecule has 0 saturated carbocycles. The second-order valence-electron chi connectivity index (χ2n) is 4.58. The first kappa shape index (κ1) is 11.9. The molecule has 0 radical (unpaired) electrons. The zero-order valence-electron chi connectivity index (χ0n) is 10.4. The first-order valence-corrected chi connectivity index (χ1v) is 6.29. The van der Waals surface area contributed by atoms with Gasteiger partial charge in [-0.15, -0.1) is 0 Å². The van der Waals surface area contributed by atoms with Gasteiger partial charge in [-0.25, -0.2) is 0 Å². The Hall–Kier alpha value is -1.57. The molecule has 90 valence electrons. The normalized spacial score (nSPS) is 16.4. The highest BCUT2D eigenvalue weighted by Crippen LogP contribution is 2.20. The van der Waals surface area contributed by atoms with Gasteiger partial charge < -0.3 is 4.90 Å². The molecule has 0 unspecified atom stereocenters. The molecular formula is C15H19NO. The summed E-state index contributed by atoms with van der Waals surface area (Å²) in [5.41, 5.74) is 2.38. The van der Waals surface area contributed by atoms with Crippen LogP contribution < -0.4 is 4.90 Å². The van der Waals surface area contributed by atoms with Crippen LogP contribution in [0.3, 0.4) is 0 Å². The van der Waals surface area contributed by atoms with Crippen LogP contribution in [0.1, 0.15) is 31.7 Å². The Morgan fingerprint density at radius 3 is 2.35 bits per heavy atom. The van der Waals surface area contributed by atoms with E-state index < -0.39 is 0 Å². The van der Waals surface area contributed by atoms with Crippen molar-refractivity contribution in [1.29, 1.82) is 0 Å². The maximum atomic E-state index is 10.8. The van der Waals surface area contributed by atoms with Crippen LogP contribution >= 0.6 is 0 Å². The maximum absolute atomic E-state index is 10.8. The van der Waals surface area contributed by atoms with Crippen LogP contribution in [0, 0.1) is 0 Å². The van der Waals surface area contributed by atoms with Gasteiger partial charge in [-0.2, -0.15) is 0 Å². The summed E-state index contributed by atoms with van der Waals surface area (Å²) in [7, 11) is 0. The Morgan fingerprint density at radius 1 is 1.12 bits per heavy atom. The molecule has 1 aliphatic rings. The van der Waals surface area contributed by atoms with Gasteiger partial charge in [0.1, 0.15) is 0 Å². The average molecular weight is 229 g/mol. The van der Waals surface area contributed by atoms with Crippen molar-refractivity contribution in [3.63, 3.8) is 0 Å². The fourth-order valence-electron chi connectivity index (χ4n) is 2.16. The van der Waals surface area contributed by atoms with Crippen LogP contribution in [-0.2, 0) is 4.79 Å². The summed E-state index contributed by atoms with van der Waals surface area (Å²) in [4.78, 5) is 13.3. The van der Waals surface area contributed by atoms with Crippen molar-refractivity contribution in [2.75, 3.05) is 18.0 Å². The Kier molecular flexibility index (Phi) is 3.97. The molecule has 17 heavy (non-hydrogen) atoms. The summed E-state index contributed by atoms with van der Waals surface area (Å²) in [5, 5.41) is 0. The molecule has 1 fully saturated rings. The van der Waals surface area contributed by atoms with Crippen LogP contribution in [0.25, 0.3) is 6.08 Å². The third kappa shape index (κ3) is 3.45. The summed E-state index contributed by atoms with van der Waals surface area (Å²) in [6.07, 6.45) is 7.42. The molecule has 0 aliphatic carbocycles. The Labute approximate surface area is 103 Å². The number of rotatable bonds is 3. The Bertz CT molecular complexity index is 399. The Morgan fingerprint density at radius 2 is 1.76 bits per heavy atom. The largest absolute Gasteiger partial charge is 0.372 e. The molecule has 1 aliphatic heterocycles. The van der Waals surface area contributed by atoms with E-state index in [0.29, 0.717) is 0 Å². The molecule has 2 nitrogen and oxygen atoms in total. The van der Waals surface area contributed by atoms with Gasteiger partial charge in [0.25, 0.3) is 0 Å². The molecule has 0 spiro atoms. The van der Waals surface area contributed by atoms with Crippen molar-refractivity contribution in [2.45, 2.75) is 26.2 Å². The average Bonchev–Trinajstić information content (AvgIpc) is 2.38. The van der Waals surface area contributed by atoms with Gasteiger partial charge in [0.15, 0.2) is 5.78 Å². The van der Waals surface area contributed by atoms with Crippen LogP contribution in [0.2, 0.25) is 0 Å². The topological polar surface area (TPSA) is 20.3 Å². The highest BCUT2D eigenvalue weighted by Gasteiger charge is 2.09. The minimum absolute atomic E-state index is 0.0881. The van der Waals surface area contributed by atoms with E-state index in [1.807, 2.05) is 6.08 Å². The van der Waals surface area contributed by atoms with Gasteiger partial charge >= 0.3 is 0 Å². The van der Waals surface area contributed by atoms with Crippen molar-refractivity contribution in [3.05, 3.63) is 35.9 Å². The molecular weight excluding hydrogens is 210 g/mol. The summed E-state index contributed by atoms with van der Waals surface area (Å²) in [6, 6.07) is 8.43. The number of anilines is 1. The van der Waals surface area contributed by atoms with Gasteiger partial charge in [0, 0.05) is 18.8 Å². The second kappa shape index (κ2) is 5.67. The van der Waals surface area contributed by atoms with Crippen LogP contribution in [0.15, 0.2) is 30.3 Å². The minimum Gasteiger partial charge on any atom is -0.372 e. The number of nitrogens with zero attached hydrogens (tertiary/aromatic N) is 1. The standard InChI is InChI=1S/C15H19NO/c1-13(17)5-6-14-7-9-15(10-8-14)16-11-3-2-4-12-16/h5-10H,2-4,11-12H2,1H3/b6-5+. The minimum atomic E-state index is 0.0881. The number of ketones is 1. The van der Waals surface area contributed by atoms with E-state index in [4.69, 9.17) is 0 Å². The monoisotopic (exact) mass is 229 g/mol. The number of carbonyl (C=O) groups excluding carboxylic acids is 1. The van der Waals surface area contributed by atoms with Gasteiger partial charge in [0.2, 0.25) is 0 Å². The quantitative estimate of drug-likeness (QED) is 0.741. The van der Waals surface area contributed by atoms with Crippen LogP contribution in [0.4, 0.5) is 5.69 Å². The third-order valence-corrected chi connectivity index (χ3v) is 3.12. The van der Waals surface area contributed by atoms with Crippen molar-refractivity contribution >= 4 is 17.5 Å². The predicted molar refractivity (Wildman–Crippen MR) is 72.2 cm³/mol. The molecule has 1 saturated heterocycles. The van der Waals surface area contributed by atoms with Crippen molar-refractivity contribution in [1.82, 2.24) is 0 Å². The molecule has 1 aromatic rings. The van der Waals surface area contributed by atoms with E-state index in [1.165, 1.54) is 38.0 Å². The van der Waals surface area contributed by atoms with E-state index >= 15 is 0 Å². The second-order valence-corrected chi connectivity index (χ2v) is 4.58. The maximum Gasteiger partial charge on any atom is 0.152 e. The van der Waals surface area contributed by atoms with Gasteiger partial charge in [-0.05, 0) is 50.0 Å². The third-order valence-electron chi connectivity index (χ3n) is 3.12. The lowest BCUT2D eigenvalue weighted by Gasteiger charge is -2.28. The zero-order valence-corrected chi connectivity index (χ0v) is 10.4. The molecule has 0 atom stereocenters. The van der Waals surface area contributed by atoms with E-state index in [9.17, 15) is 4.79 Å². The van der Waals surface area contributed by atoms with Gasteiger partial charge in [-0.1, -0.05) is 18.2 Å². The molecule has 1 aromatic carbocycles. The number of benzene rings is 1. The molecule has 2 heteroatoms. The summed E-state index contributed by atoms with van der Waals surface area (Å²) in [6.45, 7) is 3.91. The number of carbonyl (C=O) groups is 1. The summed E-state index contributed by atoms with van der Waals surface area (Å²) >= 11 is 0. The SMILES string of the molecule is CC(=O)/C=C/c1ccc(N2CCCCC2)cc1. The highest BCUT2D eigenvalue weighted by molar-refractivity contribution is 5.91. The number of hydrogen-bond acceptors (Lipinski definition) is 2. The lowest BCUT2D eigenvalue weighted by Crippen LogP contribution is -2.29. The molecule has 0 aromatic heterocycles. The van der Waals surface area contributed by atoms with E-state index in [0.717, 1.165) is 5.56 Å². The Balaban J connectivity index is 2.04. The first-order valence-electron chi connectivity index (χ1n) is 6.29. The van der Waals surface area contributed by atoms with Crippen molar-refractivity contribution in [3.8, 4) is 0 Å². The lowest BCUT2D eigenvalue weighted by molar-refractivity contribution is -0.112. The summed E-state index contributed by atoms with van der Waals surface area (Å²) < 4.78 is 0. The van der Waals surface area contributed by atoms with Crippen LogP contribution in [-0.4, -0.2) is 18.9 Å². The fraction of sp³-hybridized carbons (Fsp3) is 0.400. The highest BCUT2D eigenvalue weighted by atomic mass is 16.1. The zero-order chi connectivity index (χ0) is 12.1. The van der Waals surface area contributed by atoms with Crippen LogP contribution in [0.5, 0.6) is 0 Å². The lowest BCUT2D eigenvalue weighted by atomic mass is 10.1. The summed E-state index contributed by atoms with van der Waals surface area (Å²) in [5.74, 6) is 0.0881. The molecule has 0 bridgehead atoms. The number of piperidine rings is 1. The van der Waals surface area contributed by atoms with Gasteiger partial charge in [0.05, 0.1) is 0 Å². The van der Waals surface area contributed by atoms with E-state index in [-0.39, 0.29) is 5.78 Å². The van der Waals surface area contributed by atoms with E-state index in [1.54, 1.807) is 13.0 Å². The fourth-order valence-corrected chi connectivity index (χ4v) is 2.16. The first-order chi connectivity index (χ1) is 8.25. The molecule has 2 rings (SSSR count). The van der Waals surface area contributed by atoms with E-state index in [2.05, 4.69) is 29.2 Å².